The van der Waals surface area contributed by atoms with Crippen LogP contribution in [0.4, 0.5) is 11.4 Å². The van der Waals surface area contributed by atoms with Crippen LogP contribution in [0.2, 0.25) is 5.02 Å². The number of amides is 1. The number of hydrogen-bond acceptors (Lipinski definition) is 6. The van der Waals surface area contributed by atoms with Gasteiger partial charge in [-0.1, -0.05) is 11.6 Å². The number of ether oxygens (including phenoxy) is 1. The quantitative estimate of drug-likeness (QED) is 0.467. The molecular formula is C18H29ClN4O3. The molecule has 1 heterocycles. The van der Waals surface area contributed by atoms with Crippen LogP contribution in [-0.4, -0.2) is 30.1 Å². The van der Waals surface area contributed by atoms with Crippen molar-refractivity contribution in [2.45, 2.75) is 58.2 Å². The monoisotopic (exact) mass is 384 g/mol. The minimum atomic E-state index is -0.533. The lowest BCUT2D eigenvalue weighted by Crippen LogP contribution is -2.48. The van der Waals surface area contributed by atoms with E-state index >= 15 is 0 Å². The van der Waals surface area contributed by atoms with Crippen LogP contribution in [0.1, 0.15) is 46.1 Å². The third-order valence-corrected chi connectivity index (χ3v) is 4.38. The summed E-state index contributed by atoms with van der Waals surface area (Å²) in [5, 5.41) is 6.58. The van der Waals surface area contributed by atoms with Gasteiger partial charge in [-0.2, -0.15) is 0 Å². The van der Waals surface area contributed by atoms with E-state index in [1.807, 2.05) is 27.7 Å². The molecular weight excluding hydrogens is 356 g/mol. The van der Waals surface area contributed by atoms with E-state index in [9.17, 15) is 9.59 Å². The molecule has 146 valence electrons. The smallest absolute Gasteiger partial charge is 0.293 e. The number of halogens is 1. The predicted octanol–water partition coefficient (Wildman–Crippen LogP) is 2.42. The lowest BCUT2D eigenvalue weighted by molar-refractivity contribution is -0.138. The van der Waals surface area contributed by atoms with Crippen molar-refractivity contribution < 1.29 is 14.3 Å². The molecule has 6 N–H and O–H groups in total. The molecule has 2 rings (SSSR count). The van der Waals surface area contributed by atoms with Gasteiger partial charge in [0.15, 0.2) is 0 Å². The van der Waals surface area contributed by atoms with E-state index in [1.54, 1.807) is 12.1 Å². The van der Waals surface area contributed by atoms with E-state index in [0.29, 0.717) is 28.4 Å². The Morgan fingerprint density at radius 1 is 1.46 bits per heavy atom. The number of carbonyl (C=O) groups is 2. The summed E-state index contributed by atoms with van der Waals surface area (Å²) < 4.78 is 4.55. The van der Waals surface area contributed by atoms with Crippen LogP contribution < -0.4 is 22.1 Å². The number of carbonyl (C=O) groups excluding carboxylic acids is 2. The van der Waals surface area contributed by atoms with Crippen molar-refractivity contribution >= 4 is 35.4 Å². The summed E-state index contributed by atoms with van der Waals surface area (Å²) in [6, 6.07) is 3.40. The van der Waals surface area contributed by atoms with Crippen LogP contribution in [0, 0.1) is 0 Å². The number of benzene rings is 1. The van der Waals surface area contributed by atoms with Crippen molar-refractivity contribution in [3.8, 4) is 0 Å². The second-order valence-electron chi connectivity index (χ2n) is 7.33. The Labute approximate surface area is 159 Å². The minimum Gasteiger partial charge on any atom is -0.462 e. The van der Waals surface area contributed by atoms with Crippen molar-refractivity contribution in [3.05, 3.63) is 22.7 Å². The number of anilines is 2. The molecule has 1 aromatic carbocycles. The Morgan fingerprint density at radius 2 is 2.12 bits per heavy atom. The molecule has 7 nitrogen and oxygen atoms in total. The first kappa shape index (κ1) is 22.2. The topological polar surface area (TPSA) is 119 Å². The van der Waals surface area contributed by atoms with Crippen LogP contribution >= 0.6 is 11.6 Å². The number of rotatable bonds is 4. The summed E-state index contributed by atoms with van der Waals surface area (Å²) in [6.45, 7) is 8.91. The molecule has 1 aliphatic rings. The first-order valence-electron chi connectivity index (χ1n) is 8.49. The lowest BCUT2D eigenvalue weighted by Gasteiger charge is -2.24. The van der Waals surface area contributed by atoms with Gasteiger partial charge in [-0.3, -0.25) is 9.59 Å². The summed E-state index contributed by atoms with van der Waals surface area (Å²) in [5.74, 6) is -0.0815. The van der Waals surface area contributed by atoms with Gasteiger partial charge < -0.3 is 26.8 Å². The van der Waals surface area contributed by atoms with Crippen molar-refractivity contribution in [3.63, 3.8) is 0 Å². The fourth-order valence-corrected chi connectivity index (χ4v) is 2.69. The summed E-state index contributed by atoms with van der Waals surface area (Å²) in [5.41, 5.74) is 12.4. The van der Waals surface area contributed by atoms with E-state index in [-0.39, 0.29) is 18.1 Å². The Morgan fingerprint density at radius 3 is 2.54 bits per heavy atom. The second-order valence-corrected chi connectivity index (χ2v) is 7.74. The van der Waals surface area contributed by atoms with Crippen LogP contribution in [0.15, 0.2) is 12.1 Å². The molecule has 1 saturated heterocycles. The van der Waals surface area contributed by atoms with Gasteiger partial charge in [0.25, 0.3) is 6.47 Å². The summed E-state index contributed by atoms with van der Waals surface area (Å²) in [7, 11) is 0. The summed E-state index contributed by atoms with van der Waals surface area (Å²) in [6.07, 6.45) is 1.81. The van der Waals surface area contributed by atoms with Gasteiger partial charge in [0.2, 0.25) is 5.91 Å². The molecule has 0 spiro atoms. The highest BCUT2D eigenvalue weighted by Gasteiger charge is 2.36. The molecule has 1 aliphatic heterocycles. The van der Waals surface area contributed by atoms with E-state index in [4.69, 9.17) is 23.1 Å². The number of nitrogens with two attached hydrogens (primary N) is 2. The first-order valence-corrected chi connectivity index (χ1v) is 8.86. The van der Waals surface area contributed by atoms with E-state index in [2.05, 4.69) is 15.4 Å². The summed E-state index contributed by atoms with van der Waals surface area (Å²) >= 11 is 6.01. The van der Waals surface area contributed by atoms with Crippen molar-refractivity contribution in [2.24, 2.45) is 5.73 Å². The molecule has 26 heavy (non-hydrogen) atoms. The maximum absolute atomic E-state index is 12.3. The fourth-order valence-electron chi connectivity index (χ4n) is 2.45. The predicted molar refractivity (Wildman–Crippen MR) is 105 cm³/mol. The summed E-state index contributed by atoms with van der Waals surface area (Å²) in [4.78, 5) is 21.9. The molecule has 0 unspecified atom stereocenters. The Bertz CT molecular complexity index is 638. The average molecular weight is 385 g/mol. The van der Waals surface area contributed by atoms with E-state index < -0.39 is 5.54 Å². The Hall–Kier alpha value is -1.83. The standard InChI is InChI=1S/C13H19ClN4O.C5H10O2/c1-13(5-2-6-17-13)12(19)18-10-4-3-9(14)8(7-15)11(10)16;1-5(2,3)7-4-6/h3-4,17H,2,5-7,15-16H2,1H3,(H,18,19);4H,1-3H3/t13-;/m0./s1. The fraction of sp³-hybridized carbons (Fsp3) is 0.556. The SMILES string of the molecule is CC(C)(C)OC=O.C[C@@]1(C(=O)Nc2ccc(Cl)c(CN)c2N)CCCN1. The molecule has 0 saturated carbocycles. The zero-order valence-corrected chi connectivity index (χ0v) is 16.6. The molecule has 0 radical (unpaired) electrons. The third kappa shape index (κ3) is 6.16. The van der Waals surface area contributed by atoms with Gasteiger partial charge in [0, 0.05) is 17.1 Å². The molecule has 1 fully saturated rings. The zero-order valence-electron chi connectivity index (χ0n) is 15.8. The van der Waals surface area contributed by atoms with Crippen molar-refractivity contribution in [1.82, 2.24) is 5.32 Å². The Kier molecular flexibility index (Phi) is 7.87. The third-order valence-electron chi connectivity index (χ3n) is 4.02. The molecule has 1 atom stereocenters. The van der Waals surface area contributed by atoms with E-state index in [0.717, 1.165) is 19.4 Å². The molecule has 0 aliphatic carbocycles. The largest absolute Gasteiger partial charge is 0.462 e. The second kappa shape index (κ2) is 9.21. The van der Waals surface area contributed by atoms with Crippen molar-refractivity contribution in [2.75, 3.05) is 17.6 Å². The number of hydrogen-bond donors (Lipinski definition) is 4. The minimum absolute atomic E-state index is 0.0815. The maximum atomic E-state index is 12.3. The maximum Gasteiger partial charge on any atom is 0.293 e. The van der Waals surface area contributed by atoms with Gasteiger partial charge >= 0.3 is 0 Å². The van der Waals surface area contributed by atoms with Crippen LogP contribution in [-0.2, 0) is 20.9 Å². The normalized spacial score (nSPS) is 19.3. The molecule has 0 aromatic heterocycles. The van der Waals surface area contributed by atoms with Crippen LogP contribution in [0.25, 0.3) is 0 Å². The number of nitrogens with one attached hydrogen (secondary N) is 2. The van der Waals surface area contributed by atoms with Gasteiger partial charge in [-0.05, 0) is 59.2 Å². The van der Waals surface area contributed by atoms with Crippen molar-refractivity contribution in [1.29, 1.82) is 0 Å². The number of nitrogen functional groups attached to an aromatic ring is 1. The molecule has 0 bridgehead atoms. The average Bonchev–Trinajstić information content (AvgIpc) is 2.98. The highest BCUT2D eigenvalue weighted by molar-refractivity contribution is 6.32. The van der Waals surface area contributed by atoms with Crippen LogP contribution in [0.3, 0.4) is 0 Å². The van der Waals surface area contributed by atoms with Gasteiger partial charge in [-0.15, -0.1) is 0 Å². The van der Waals surface area contributed by atoms with Gasteiger partial charge in [-0.25, -0.2) is 0 Å². The van der Waals surface area contributed by atoms with Crippen LogP contribution in [0.5, 0.6) is 0 Å². The Balaban J connectivity index is 0.000000412. The first-order chi connectivity index (χ1) is 12.0. The molecule has 1 aromatic rings. The molecule has 1 amide bonds. The zero-order chi connectivity index (χ0) is 20.0. The lowest BCUT2D eigenvalue weighted by atomic mass is 9.99. The van der Waals surface area contributed by atoms with Gasteiger partial charge in [0.1, 0.15) is 5.60 Å². The molecule has 8 heteroatoms. The highest BCUT2D eigenvalue weighted by atomic mass is 35.5. The highest BCUT2D eigenvalue weighted by Crippen LogP contribution is 2.30. The van der Waals surface area contributed by atoms with E-state index in [1.165, 1.54) is 0 Å². The van der Waals surface area contributed by atoms with Gasteiger partial charge in [0.05, 0.1) is 16.9 Å².